The number of piperidine rings is 1. The maximum atomic E-state index is 13.7. The number of likely N-dealkylation sites (tertiary alicyclic amines) is 1. The third-order valence-electron chi connectivity index (χ3n) is 6.84. The second kappa shape index (κ2) is 11.2. The van der Waals surface area contributed by atoms with E-state index in [9.17, 15) is 27.9 Å². The Hall–Kier alpha value is -2.73. The normalized spacial score (nSPS) is 18.9. The van der Waals surface area contributed by atoms with Crippen molar-refractivity contribution in [3.63, 3.8) is 0 Å². The van der Waals surface area contributed by atoms with Crippen molar-refractivity contribution in [2.24, 2.45) is 0 Å². The standard InChI is InChI=1S/C26H34F3N5O3S/c1-15-12-19(32-17-4-8-26(28,29)9-5-17)30-13-18(15)21-20(24(36)34-10-6-16(27)7-11-34)33-23(38-21)22(35)31-14-25(2,3)37/h12-13,16-17,37H,4-11,14H2,1-3H3,(H,30,32)(H,31,35). The van der Waals surface area contributed by atoms with Crippen LogP contribution in [0.25, 0.3) is 10.4 Å². The van der Waals surface area contributed by atoms with Crippen LogP contribution >= 0.6 is 11.3 Å². The number of alkyl halides is 3. The largest absolute Gasteiger partial charge is 0.389 e. The van der Waals surface area contributed by atoms with Crippen molar-refractivity contribution in [3.8, 4) is 10.4 Å². The Balaban J connectivity index is 1.60. The Labute approximate surface area is 224 Å². The van der Waals surface area contributed by atoms with Gasteiger partial charge in [0, 0.05) is 50.3 Å². The molecule has 0 aromatic carbocycles. The molecule has 12 heteroatoms. The summed E-state index contributed by atoms with van der Waals surface area (Å²) in [5, 5.41) is 15.9. The lowest BCUT2D eigenvalue weighted by Crippen LogP contribution is -2.39. The zero-order valence-corrected chi connectivity index (χ0v) is 22.6. The number of hydrogen-bond acceptors (Lipinski definition) is 7. The van der Waals surface area contributed by atoms with Gasteiger partial charge in [0.05, 0.1) is 10.5 Å². The van der Waals surface area contributed by atoms with Gasteiger partial charge in [-0.1, -0.05) is 0 Å². The Morgan fingerprint density at radius 3 is 2.47 bits per heavy atom. The Morgan fingerprint density at radius 2 is 1.87 bits per heavy atom. The van der Waals surface area contributed by atoms with Gasteiger partial charge >= 0.3 is 0 Å². The quantitative estimate of drug-likeness (QED) is 0.464. The number of aromatic nitrogens is 2. The lowest BCUT2D eigenvalue weighted by Gasteiger charge is -2.29. The van der Waals surface area contributed by atoms with Crippen molar-refractivity contribution in [3.05, 3.63) is 28.5 Å². The van der Waals surface area contributed by atoms with E-state index in [1.165, 1.54) is 0 Å². The second-order valence-electron chi connectivity index (χ2n) is 10.8. The fraction of sp³-hybridized carbons (Fsp3) is 0.615. The second-order valence-corrected chi connectivity index (χ2v) is 11.8. The van der Waals surface area contributed by atoms with E-state index in [2.05, 4.69) is 20.6 Å². The number of anilines is 1. The summed E-state index contributed by atoms with van der Waals surface area (Å²) in [4.78, 5) is 37.1. The molecule has 0 bridgehead atoms. The molecule has 3 heterocycles. The van der Waals surface area contributed by atoms with Crippen LogP contribution in [-0.4, -0.2) is 75.2 Å². The number of carbonyl (C=O) groups is 2. The Bertz CT molecular complexity index is 1170. The third-order valence-corrected chi connectivity index (χ3v) is 7.93. The molecule has 2 aliphatic rings. The van der Waals surface area contributed by atoms with Crippen molar-refractivity contribution in [1.29, 1.82) is 0 Å². The van der Waals surface area contributed by atoms with E-state index in [4.69, 9.17) is 0 Å². The number of halogens is 3. The van der Waals surface area contributed by atoms with Crippen LogP contribution in [0.15, 0.2) is 12.3 Å². The number of aryl methyl sites for hydroxylation is 1. The smallest absolute Gasteiger partial charge is 0.280 e. The van der Waals surface area contributed by atoms with Crippen LogP contribution in [0.2, 0.25) is 0 Å². The molecule has 0 atom stereocenters. The van der Waals surface area contributed by atoms with Gasteiger partial charge in [-0.3, -0.25) is 9.59 Å². The molecule has 4 rings (SSSR count). The average Bonchev–Trinajstić information content (AvgIpc) is 3.29. The summed E-state index contributed by atoms with van der Waals surface area (Å²) in [5.74, 6) is -2.96. The predicted octanol–water partition coefficient (Wildman–Crippen LogP) is 4.58. The topological polar surface area (TPSA) is 107 Å². The van der Waals surface area contributed by atoms with Crippen LogP contribution < -0.4 is 10.6 Å². The van der Waals surface area contributed by atoms with Crippen LogP contribution in [0.5, 0.6) is 0 Å². The van der Waals surface area contributed by atoms with Gasteiger partial charge in [-0.15, -0.1) is 11.3 Å². The first kappa shape index (κ1) is 28.3. The molecule has 0 unspecified atom stereocenters. The van der Waals surface area contributed by atoms with Crippen molar-refractivity contribution in [2.75, 3.05) is 25.0 Å². The molecule has 0 radical (unpaired) electrons. The first-order valence-electron chi connectivity index (χ1n) is 12.9. The lowest BCUT2D eigenvalue weighted by molar-refractivity contribution is -0.0361. The molecule has 38 heavy (non-hydrogen) atoms. The summed E-state index contributed by atoms with van der Waals surface area (Å²) < 4.78 is 40.7. The summed E-state index contributed by atoms with van der Waals surface area (Å²) in [7, 11) is 0. The van der Waals surface area contributed by atoms with Crippen LogP contribution in [0.4, 0.5) is 19.0 Å². The fourth-order valence-corrected chi connectivity index (χ4v) is 5.63. The van der Waals surface area contributed by atoms with Gasteiger partial charge in [-0.2, -0.15) is 0 Å². The maximum Gasteiger partial charge on any atom is 0.280 e. The zero-order valence-electron chi connectivity index (χ0n) is 21.8. The van der Waals surface area contributed by atoms with E-state index in [-0.39, 0.29) is 68.0 Å². The molecule has 208 valence electrons. The summed E-state index contributed by atoms with van der Waals surface area (Å²) >= 11 is 1.05. The number of hydrogen-bond donors (Lipinski definition) is 3. The molecule has 1 aliphatic heterocycles. The summed E-state index contributed by atoms with van der Waals surface area (Å²) in [6.45, 7) is 5.49. The van der Waals surface area contributed by atoms with Crippen LogP contribution in [0.3, 0.4) is 0 Å². The van der Waals surface area contributed by atoms with Crippen LogP contribution in [-0.2, 0) is 0 Å². The monoisotopic (exact) mass is 553 g/mol. The van der Waals surface area contributed by atoms with Crippen molar-refractivity contribution in [2.45, 2.75) is 83.0 Å². The van der Waals surface area contributed by atoms with Gasteiger partial charge in [0.2, 0.25) is 5.92 Å². The van der Waals surface area contributed by atoms with Gasteiger partial charge in [0.25, 0.3) is 11.8 Å². The van der Waals surface area contributed by atoms with Gasteiger partial charge in [0.1, 0.15) is 17.7 Å². The number of thiazole rings is 1. The van der Waals surface area contributed by atoms with E-state index in [0.717, 1.165) is 16.9 Å². The highest BCUT2D eigenvalue weighted by Crippen LogP contribution is 2.36. The number of amides is 2. The molecular formula is C26H34F3N5O3S. The molecular weight excluding hydrogens is 519 g/mol. The molecule has 0 spiro atoms. The molecule has 3 N–H and O–H groups in total. The molecule has 2 fully saturated rings. The van der Waals surface area contributed by atoms with E-state index in [1.807, 2.05) is 6.92 Å². The van der Waals surface area contributed by atoms with Crippen molar-refractivity contribution < 1.29 is 27.9 Å². The summed E-state index contributed by atoms with van der Waals surface area (Å²) in [6, 6.07) is 1.69. The van der Waals surface area contributed by atoms with E-state index in [0.29, 0.717) is 29.1 Å². The highest BCUT2D eigenvalue weighted by molar-refractivity contribution is 7.17. The molecule has 2 aromatic rings. The van der Waals surface area contributed by atoms with Crippen LogP contribution in [0, 0.1) is 6.92 Å². The SMILES string of the molecule is Cc1cc(NC2CCC(F)(F)CC2)ncc1-c1sc(C(=O)NCC(C)(C)O)nc1C(=O)N1CCC(F)CC1. The Morgan fingerprint density at radius 1 is 1.21 bits per heavy atom. The van der Waals surface area contributed by atoms with Gasteiger partial charge < -0.3 is 20.6 Å². The van der Waals surface area contributed by atoms with E-state index >= 15 is 0 Å². The Kier molecular flexibility index (Phi) is 8.32. The average molecular weight is 554 g/mol. The molecule has 2 aromatic heterocycles. The number of carbonyl (C=O) groups excluding carboxylic acids is 2. The molecule has 1 saturated heterocycles. The van der Waals surface area contributed by atoms with Gasteiger partial charge in [-0.25, -0.2) is 23.1 Å². The van der Waals surface area contributed by atoms with Gasteiger partial charge in [0.15, 0.2) is 5.01 Å². The maximum absolute atomic E-state index is 13.7. The molecule has 1 aliphatic carbocycles. The number of nitrogens with one attached hydrogen (secondary N) is 2. The lowest BCUT2D eigenvalue weighted by atomic mass is 9.92. The minimum atomic E-state index is -2.61. The summed E-state index contributed by atoms with van der Waals surface area (Å²) in [5.41, 5.74) is 0.365. The molecule has 8 nitrogen and oxygen atoms in total. The number of aliphatic hydroxyl groups is 1. The van der Waals surface area contributed by atoms with Crippen LogP contribution in [0.1, 0.15) is 78.2 Å². The number of nitrogens with zero attached hydrogens (tertiary/aromatic N) is 3. The number of rotatable bonds is 7. The fourth-order valence-electron chi connectivity index (χ4n) is 4.58. The third kappa shape index (κ3) is 7.02. The first-order chi connectivity index (χ1) is 17.8. The van der Waals surface area contributed by atoms with Crippen molar-refractivity contribution >= 4 is 29.0 Å². The van der Waals surface area contributed by atoms with Crippen molar-refractivity contribution in [1.82, 2.24) is 20.2 Å². The van der Waals surface area contributed by atoms with Gasteiger partial charge in [-0.05, 0) is 58.1 Å². The van der Waals surface area contributed by atoms with E-state index < -0.39 is 23.6 Å². The van der Waals surface area contributed by atoms with E-state index in [1.54, 1.807) is 31.0 Å². The minimum absolute atomic E-state index is 0.00207. The highest BCUT2D eigenvalue weighted by atomic mass is 32.1. The first-order valence-corrected chi connectivity index (χ1v) is 13.7. The predicted molar refractivity (Wildman–Crippen MR) is 140 cm³/mol. The minimum Gasteiger partial charge on any atom is -0.389 e. The summed E-state index contributed by atoms with van der Waals surface area (Å²) in [6.07, 6.45) is 1.52. The highest BCUT2D eigenvalue weighted by Gasteiger charge is 2.35. The molecule has 2 amide bonds. The zero-order chi connectivity index (χ0) is 27.7. The molecule has 1 saturated carbocycles. The number of pyridine rings is 1.